The molecule has 34 heavy (non-hydrogen) atoms. The molecule has 0 spiro atoms. The second-order valence-corrected chi connectivity index (χ2v) is 20.2. The first-order chi connectivity index (χ1) is 16.3. The van der Waals surface area contributed by atoms with E-state index in [-0.39, 0.29) is 18.2 Å². The fourth-order valence-electron chi connectivity index (χ4n) is 4.22. The van der Waals surface area contributed by atoms with Gasteiger partial charge in [0.1, 0.15) is 5.25 Å². The first-order valence-corrected chi connectivity index (χ1v) is 18.2. The summed E-state index contributed by atoms with van der Waals surface area (Å²) in [5.41, 5.74) is 1.70. The number of allylic oxidation sites excluding steroid dienone is 2. The van der Waals surface area contributed by atoms with Crippen LogP contribution in [0.25, 0.3) is 0 Å². The third-order valence-electron chi connectivity index (χ3n) is 6.11. The Hall–Kier alpha value is -1.62. The molecule has 0 bridgehead atoms. The number of piperazine rings is 1. The fraction of sp³-hybridized carbons (Fsp3) is 0.364. The molecule has 0 aliphatic carbocycles. The second-order valence-electron chi connectivity index (χ2n) is 8.21. The third kappa shape index (κ3) is 5.61. The van der Waals surface area contributed by atoms with E-state index in [9.17, 15) is 19.2 Å². The summed E-state index contributed by atoms with van der Waals surface area (Å²) in [5, 5.41) is 4.63. The van der Waals surface area contributed by atoms with Gasteiger partial charge in [-0.15, -0.1) is 0 Å². The molecule has 1 aromatic carbocycles. The van der Waals surface area contributed by atoms with Gasteiger partial charge < -0.3 is 0 Å². The van der Waals surface area contributed by atoms with Crippen LogP contribution in [0.4, 0.5) is 16.2 Å². The number of nitrogens with zero attached hydrogens (tertiary/aromatic N) is 2. The number of carbonyl (C=O) groups excluding carboxylic acids is 4. The molecular weight excluding hydrogens is 602 g/mol. The number of hydrogen-bond donors (Lipinski definition) is 2. The standard InChI is InChI=1S/C20H18Cl2N4O4S.C2H5.In/c21-12-13(22)1-6-17(27)23-14-2-4-15(5-3-14)25-7-9-26(10-8-25)18(28)11-16-19(29)24-20(30)31-16;1-2;/h1-5,16H,7-11H2,(H,23,27)(H,24,29,30);1H2,2H3;. The molecule has 0 radical (unpaired) electrons. The van der Waals surface area contributed by atoms with Crippen molar-refractivity contribution in [3.8, 4) is 0 Å². The molecule has 178 valence electrons. The van der Waals surface area contributed by atoms with Crippen LogP contribution in [0, 0.1) is 0 Å². The number of thioether (sulfide) groups is 1. The molecule has 1 aromatic rings. The van der Waals surface area contributed by atoms with Crippen LogP contribution in [0.5, 0.6) is 0 Å². The van der Waals surface area contributed by atoms with Crippen LogP contribution in [0.3, 0.4) is 0 Å². The molecule has 2 N–H and O–H groups in total. The summed E-state index contributed by atoms with van der Waals surface area (Å²) in [6.07, 6.45) is 1.75. The van der Waals surface area contributed by atoms with Gasteiger partial charge in [-0.3, -0.25) is 19.7 Å². The summed E-state index contributed by atoms with van der Waals surface area (Å²) in [5.74, 6) is -0.645. The predicted molar refractivity (Wildman–Crippen MR) is 136 cm³/mol. The fourth-order valence-corrected chi connectivity index (χ4v) is 14.6. The summed E-state index contributed by atoms with van der Waals surface area (Å²) in [4.78, 5) is 52.2. The maximum atomic E-state index is 12.8. The summed E-state index contributed by atoms with van der Waals surface area (Å²) < 4.78 is 2.37. The molecule has 2 fully saturated rings. The van der Waals surface area contributed by atoms with E-state index in [1.807, 2.05) is 31.2 Å². The molecule has 3 aliphatic rings. The SMILES string of the molecule is C[CH2][In]1[C](C(=O)Nc2ccc(N3CCN(C(=O)CC4SC(=O)NC4=O)CC3)cc2)=CC(Cl)=[C]1Cl. The predicted octanol–water partition coefficient (Wildman–Crippen LogP) is 3.24. The minimum absolute atomic E-state index is 0.0300. The Morgan fingerprint density at radius 3 is 2.41 bits per heavy atom. The molecule has 12 heteroatoms. The van der Waals surface area contributed by atoms with Crippen molar-refractivity contribution in [3.63, 3.8) is 0 Å². The van der Waals surface area contributed by atoms with Crippen molar-refractivity contribution in [2.75, 3.05) is 36.4 Å². The molecule has 0 saturated carbocycles. The summed E-state index contributed by atoms with van der Waals surface area (Å²) >= 11 is 10.8. The topological polar surface area (TPSA) is 98.8 Å². The summed E-state index contributed by atoms with van der Waals surface area (Å²) in [6, 6.07) is 7.61. The molecule has 4 amide bonds. The molecule has 0 aromatic heterocycles. The molecule has 3 aliphatic heterocycles. The zero-order valence-corrected chi connectivity index (χ0v) is 24.1. The number of amides is 4. The van der Waals surface area contributed by atoms with Crippen molar-refractivity contribution in [3.05, 3.63) is 41.5 Å². The van der Waals surface area contributed by atoms with Gasteiger partial charge in [0, 0.05) is 6.42 Å². The Labute approximate surface area is 219 Å². The van der Waals surface area contributed by atoms with Gasteiger partial charge in [-0.05, 0) is 0 Å². The van der Waals surface area contributed by atoms with Gasteiger partial charge in [0.15, 0.2) is 0 Å². The van der Waals surface area contributed by atoms with Gasteiger partial charge in [0.05, 0.1) is 0 Å². The first-order valence-electron chi connectivity index (χ1n) is 11.0. The number of halogens is 2. The number of benzene rings is 1. The molecule has 1 unspecified atom stereocenters. The number of imide groups is 1. The van der Waals surface area contributed by atoms with Crippen molar-refractivity contribution >= 4 is 90.7 Å². The summed E-state index contributed by atoms with van der Waals surface area (Å²) in [7, 11) is 0. The van der Waals surface area contributed by atoms with Crippen LogP contribution in [0.2, 0.25) is 4.18 Å². The van der Waals surface area contributed by atoms with Crippen molar-refractivity contribution in [2.45, 2.75) is 22.8 Å². The van der Waals surface area contributed by atoms with Crippen molar-refractivity contribution in [1.29, 1.82) is 0 Å². The van der Waals surface area contributed by atoms with Gasteiger partial charge in [0.25, 0.3) is 5.24 Å². The summed E-state index contributed by atoms with van der Waals surface area (Å²) in [6.45, 7) is 4.44. The molecule has 3 heterocycles. The van der Waals surface area contributed by atoms with Crippen molar-refractivity contribution in [2.24, 2.45) is 0 Å². The average Bonchev–Trinajstić information content (AvgIpc) is 3.30. The number of anilines is 2. The van der Waals surface area contributed by atoms with Gasteiger partial charge in [-0.25, -0.2) is 0 Å². The Morgan fingerprint density at radius 1 is 1.15 bits per heavy atom. The number of carbonyl (C=O) groups is 4. The quantitative estimate of drug-likeness (QED) is 0.504. The van der Waals surface area contributed by atoms with Crippen molar-refractivity contribution in [1.82, 2.24) is 10.2 Å². The minimum atomic E-state index is -2.49. The van der Waals surface area contributed by atoms with E-state index in [0.29, 0.717) is 39.7 Å². The van der Waals surface area contributed by atoms with Crippen LogP contribution in [-0.4, -0.2) is 80.7 Å². The Balaban J connectivity index is 1.28. The Bertz CT molecular complexity index is 1090. The van der Waals surface area contributed by atoms with Crippen LogP contribution < -0.4 is 15.5 Å². The molecule has 2 saturated heterocycles. The van der Waals surface area contributed by atoms with Crippen LogP contribution in [0.15, 0.2) is 41.5 Å². The van der Waals surface area contributed by atoms with Crippen molar-refractivity contribution < 1.29 is 19.2 Å². The van der Waals surface area contributed by atoms with Gasteiger partial charge in [-0.1, -0.05) is 11.8 Å². The zero-order valence-electron chi connectivity index (χ0n) is 18.5. The van der Waals surface area contributed by atoms with Crippen LogP contribution >= 0.6 is 35.0 Å². The van der Waals surface area contributed by atoms with E-state index in [4.69, 9.17) is 23.2 Å². The van der Waals surface area contributed by atoms with Crippen LogP contribution in [-0.2, 0) is 14.4 Å². The number of nitrogens with one attached hydrogen (secondary N) is 2. The molecule has 1 atom stereocenters. The number of rotatable bonds is 6. The number of hydrogen-bond acceptors (Lipinski definition) is 6. The third-order valence-corrected chi connectivity index (χ3v) is 18.3. The van der Waals surface area contributed by atoms with E-state index in [1.54, 1.807) is 11.0 Å². The van der Waals surface area contributed by atoms with E-state index in [0.717, 1.165) is 25.0 Å². The molecule has 4 rings (SSSR count). The maximum absolute atomic E-state index is 12.8. The zero-order chi connectivity index (χ0) is 24.4. The van der Waals surface area contributed by atoms with E-state index < -0.39 is 37.8 Å². The normalized spacial score (nSPS) is 20.6. The Kier molecular flexibility index (Phi) is 8.22. The van der Waals surface area contributed by atoms with Gasteiger partial charge in [-0.2, -0.15) is 0 Å². The molecule has 8 nitrogen and oxygen atoms in total. The van der Waals surface area contributed by atoms with Gasteiger partial charge in [0.2, 0.25) is 5.91 Å². The second kappa shape index (κ2) is 11.0. The first kappa shape index (κ1) is 25.5. The van der Waals surface area contributed by atoms with E-state index in [1.165, 1.54) is 0 Å². The average molecular weight is 625 g/mol. The monoisotopic (exact) mass is 624 g/mol. The molecular formula is C22H23Cl2InN4O4S. The van der Waals surface area contributed by atoms with E-state index in [2.05, 4.69) is 15.5 Å². The van der Waals surface area contributed by atoms with E-state index >= 15 is 0 Å². The van der Waals surface area contributed by atoms with Gasteiger partial charge >= 0.3 is 167 Å². The Morgan fingerprint density at radius 2 is 1.82 bits per heavy atom. The van der Waals surface area contributed by atoms with Crippen LogP contribution in [0.1, 0.15) is 13.3 Å².